The van der Waals surface area contributed by atoms with Crippen molar-refractivity contribution in [3.63, 3.8) is 0 Å². The van der Waals surface area contributed by atoms with E-state index in [2.05, 4.69) is 15.5 Å². The van der Waals surface area contributed by atoms with Gasteiger partial charge in [0.15, 0.2) is 0 Å². The number of piperazine rings is 1. The number of hydrogen-bond donors (Lipinski definition) is 3. The van der Waals surface area contributed by atoms with Crippen LogP contribution in [0.25, 0.3) is 0 Å². The first-order chi connectivity index (χ1) is 11.6. The molecule has 2 saturated heterocycles. The van der Waals surface area contributed by atoms with Gasteiger partial charge in [-0.1, -0.05) is 0 Å². The number of carbonyl (C=O) groups excluding carboxylic acids is 1. The fourth-order valence-electron chi connectivity index (χ4n) is 2.97. The lowest BCUT2D eigenvalue weighted by Crippen LogP contribution is -2.45. The van der Waals surface area contributed by atoms with E-state index in [1.54, 1.807) is 4.90 Å². The molecular formula is C16H25N5O3. The van der Waals surface area contributed by atoms with Crippen LogP contribution in [0.3, 0.4) is 0 Å². The zero-order valence-electron chi connectivity index (χ0n) is 13.8. The van der Waals surface area contributed by atoms with Crippen LogP contribution in [0.4, 0.5) is 0 Å². The van der Waals surface area contributed by atoms with Crippen LogP contribution in [0, 0.1) is 17.2 Å². The summed E-state index contributed by atoms with van der Waals surface area (Å²) >= 11 is 0. The summed E-state index contributed by atoms with van der Waals surface area (Å²) in [4.78, 5) is 27.2. The molecule has 3 N–H and O–H groups in total. The fraction of sp³-hybridized carbons (Fsp3) is 0.688. The maximum atomic E-state index is 12.3. The molecule has 2 aliphatic rings. The van der Waals surface area contributed by atoms with Gasteiger partial charge in [-0.2, -0.15) is 5.26 Å². The van der Waals surface area contributed by atoms with Crippen molar-refractivity contribution in [1.82, 2.24) is 20.4 Å². The molecule has 24 heavy (non-hydrogen) atoms. The van der Waals surface area contributed by atoms with Crippen molar-refractivity contribution in [2.24, 2.45) is 5.92 Å². The van der Waals surface area contributed by atoms with Crippen LogP contribution in [0.5, 0.6) is 0 Å². The minimum absolute atomic E-state index is 0.0732. The molecule has 0 unspecified atom stereocenters. The zero-order valence-corrected chi connectivity index (χ0v) is 13.8. The number of likely N-dealkylation sites (tertiary alicyclic amines) is 1. The predicted octanol–water partition coefficient (Wildman–Crippen LogP) is -0.788. The predicted molar refractivity (Wildman–Crippen MR) is 87.9 cm³/mol. The standard InChI is InChI=1S/C16H25N5O3/c17-11-14(12-19-5-10-20-8-3-18-4-9-20)15(22)21-6-1-13(2-7-21)16(23)24/h12-13,18-19H,1-10H2,(H,23,24)/b14-12-. The Hall–Kier alpha value is -2.11. The molecule has 1 amide bonds. The molecule has 2 fully saturated rings. The Morgan fingerprint density at radius 3 is 2.50 bits per heavy atom. The van der Waals surface area contributed by atoms with Gasteiger partial charge in [0.25, 0.3) is 5.91 Å². The van der Waals surface area contributed by atoms with Crippen molar-refractivity contribution in [2.45, 2.75) is 12.8 Å². The van der Waals surface area contributed by atoms with Gasteiger partial charge in [-0.15, -0.1) is 0 Å². The van der Waals surface area contributed by atoms with Gasteiger partial charge in [-0.25, -0.2) is 0 Å². The molecule has 0 aromatic heterocycles. The summed E-state index contributed by atoms with van der Waals surface area (Å²) in [6, 6.07) is 1.94. The Balaban J connectivity index is 1.76. The molecule has 0 bridgehead atoms. The van der Waals surface area contributed by atoms with Crippen molar-refractivity contribution in [3.8, 4) is 6.07 Å². The average molecular weight is 335 g/mol. The number of carboxylic acids is 1. The highest BCUT2D eigenvalue weighted by atomic mass is 16.4. The SMILES string of the molecule is N#C/C(=C/NCCN1CCNCC1)C(=O)N1CCC(C(=O)O)CC1. The first-order valence-electron chi connectivity index (χ1n) is 8.40. The fourth-order valence-corrected chi connectivity index (χ4v) is 2.97. The van der Waals surface area contributed by atoms with E-state index in [0.29, 0.717) is 32.5 Å². The van der Waals surface area contributed by atoms with Gasteiger partial charge >= 0.3 is 5.97 Å². The highest BCUT2D eigenvalue weighted by Crippen LogP contribution is 2.18. The molecule has 2 aliphatic heterocycles. The normalized spacial score (nSPS) is 20.5. The lowest BCUT2D eigenvalue weighted by molar-refractivity contribution is -0.145. The molecule has 0 aromatic rings. The number of hydrogen-bond acceptors (Lipinski definition) is 6. The van der Waals surface area contributed by atoms with Crippen molar-refractivity contribution in [3.05, 3.63) is 11.8 Å². The molecule has 132 valence electrons. The highest BCUT2D eigenvalue weighted by Gasteiger charge is 2.28. The van der Waals surface area contributed by atoms with Crippen molar-refractivity contribution < 1.29 is 14.7 Å². The Kier molecular flexibility index (Phi) is 7.03. The van der Waals surface area contributed by atoms with Gasteiger partial charge in [0.1, 0.15) is 11.6 Å². The van der Waals surface area contributed by atoms with Crippen LogP contribution >= 0.6 is 0 Å². The molecule has 0 saturated carbocycles. The molecule has 0 radical (unpaired) electrons. The van der Waals surface area contributed by atoms with Gasteiger partial charge < -0.3 is 20.6 Å². The largest absolute Gasteiger partial charge is 0.481 e. The molecule has 0 aromatic carbocycles. The van der Waals surface area contributed by atoms with Crippen LogP contribution in [0.1, 0.15) is 12.8 Å². The summed E-state index contributed by atoms with van der Waals surface area (Å²) in [6.45, 7) is 6.32. The summed E-state index contributed by atoms with van der Waals surface area (Å²) in [6.07, 6.45) is 2.36. The summed E-state index contributed by atoms with van der Waals surface area (Å²) in [7, 11) is 0. The second-order valence-electron chi connectivity index (χ2n) is 6.12. The molecule has 8 nitrogen and oxygen atoms in total. The topological polar surface area (TPSA) is 109 Å². The number of nitrogens with one attached hydrogen (secondary N) is 2. The molecule has 8 heteroatoms. The third kappa shape index (κ3) is 5.22. The number of nitriles is 1. The van der Waals surface area contributed by atoms with Crippen LogP contribution in [0.15, 0.2) is 11.8 Å². The third-order valence-corrected chi connectivity index (χ3v) is 4.51. The van der Waals surface area contributed by atoms with Gasteiger partial charge in [-0.05, 0) is 12.8 Å². The number of aliphatic carboxylic acids is 1. The summed E-state index contributed by atoms with van der Waals surface area (Å²) in [5.74, 6) is -1.52. The number of rotatable bonds is 6. The van der Waals surface area contributed by atoms with E-state index in [0.717, 1.165) is 32.7 Å². The molecule has 2 rings (SSSR count). The Morgan fingerprint density at radius 1 is 1.25 bits per heavy atom. The van der Waals surface area contributed by atoms with E-state index in [4.69, 9.17) is 5.11 Å². The molecule has 2 heterocycles. The monoisotopic (exact) mass is 335 g/mol. The molecule has 0 aliphatic carbocycles. The third-order valence-electron chi connectivity index (χ3n) is 4.51. The Labute approximate surface area is 142 Å². The molecular weight excluding hydrogens is 310 g/mol. The first-order valence-corrected chi connectivity index (χ1v) is 8.40. The number of carboxylic acid groups (broad SMARTS) is 1. The van der Waals surface area contributed by atoms with Gasteiger partial charge in [0.2, 0.25) is 0 Å². The van der Waals surface area contributed by atoms with Crippen LogP contribution in [-0.2, 0) is 9.59 Å². The smallest absolute Gasteiger partial charge is 0.306 e. The lowest BCUT2D eigenvalue weighted by atomic mass is 9.97. The van der Waals surface area contributed by atoms with Gasteiger partial charge in [0.05, 0.1) is 5.92 Å². The highest BCUT2D eigenvalue weighted by molar-refractivity contribution is 5.97. The molecule has 0 atom stereocenters. The maximum absolute atomic E-state index is 12.3. The summed E-state index contributed by atoms with van der Waals surface area (Å²) in [5, 5.41) is 24.5. The number of nitrogens with zero attached hydrogens (tertiary/aromatic N) is 3. The zero-order chi connectivity index (χ0) is 17.4. The van der Waals surface area contributed by atoms with Crippen LogP contribution in [0.2, 0.25) is 0 Å². The van der Waals surface area contributed by atoms with Crippen molar-refractivity contribution in [2.75, 3.05) is 52.4 Å². The lowest BCUT2D eigenvalue weighted by Gasteiger charge is -2.30. The second kappa shape index (κ2) is 9.25. The van der Waals surface area contributed by atoms with E-state index in [1.165, 1.54) is 6.20 Å². The van der Waals surface area contributed by atoms with E-state index in [1.807, 2.05) is 6.07 Å². The van der Waals surface area contributed by atoms with Crippen LogP contribution in [-0.4, -0.2) is 79.1 Å². The maximum Gasteiger partial charge on any atom is 0.306 e. The first kappa shape index (κ1) is 18.2. The number of piperidine rings is 1. The van der Waals surface area contributed by atoms with Crippen LogP contribution < -0.4 is 10.6 Å². The number of carbonyl (C=O) groups is 2. The summed E-state index contributed by atoms with van der Waals surface area (Å²) in [5.41, 5.74) is 0.0732. The van der Waals surface area contributed by atoms with E-state index < -0.39 is 5.97 Å². The van der Waals surface area contributed by atoms with Gasteiger partial charge in [-0.3, -0.25) is 14.5 Å². The van der Waals surface area contributed by atoms with E-state index in [-0.39, 0.29) is 17.4 Å². The number of amides is 1. The minimum atomic E-state index is -0.812. The summed E-state index contributed by atoms with van der Waals surface area (Å²) < 4.78 is 0. The van der Waals surface area contributed by atoms with Crippen molar-refractivity contribution in [1.29, 1.82) is 5.26 Å². The Bertz CT molecular complexity index is 514. The quantitative estimate of drug-likeness (QED) is 0.332. The second-order valence-corrected chi connectivity index (χ2v) is 6.12. The Morgan fingerprint density at radius 2 is 1.92 bits per heavy atom. The van der Waals surface area contributed by atoms with Crippen molar-refractivity contribution >= 4 is 11.9 Å². The van der Waals surface area contributed by atoms with E-state index >= 15 is 0 Å². The van der Waals surface area contributed by atoms with E-state index in [9.17, 15) is 14.9 Å². The minimum Gasteiger partial charge on any atom is -0.481 e. The molecule has 0 spiro atoms. The van der Waals surface area contributed by atoms with Gasteiger partial charge in [0, 0.05) is 58.6 Å². The average Bonchev–Trinajstić information content (AvgIpc) is 2.62.